The lowest BCUT2D eigenvalue weighted by molar-refractivity contribution is 0.0706. The van der Waals surface area contributed by atoms with E-state index in [0.717, 1.165) is 25.7 Å². The van der Waals surface area contributed by atoms with Gasteiger partial charge in [0.25, 0.3) is 5.91 Å². The van der Waals surface area contributed by atoms with Crippen molar-refractivity contribution < 1.29 is 10.0 Å². The molecule has 0 unspecified atom stereocenters. The van der Waals surface area contributed by atoms with E-state index in [0.29, 0.717) is 10.7 Å². The van der Waals surface area contributed by atoms with Gasteiger partial charge in [-0.3, -0.25) is 4.79 Å². The first-order chi connectivity index (χ1) is 9.61. The highest BCUT2D eigenvalue weighted by Crippen LogP contribution is 2.24. The van der Waals surface area contributed by atoms with Crippen LogP contribution in [-0.4, -0.2) is 39.4 Å². The minimum atomic E-state index is -0.222. The number of carbonyl (C=O) groups excluding carboxylic acids is 1. The van der Waals surface area contributed by atoms with E-state index in [-0.39, 0.29) is 24.3 Å². The Morgan fingerprint density at radius 3 is 2.75 bits per heavy atom. The van der Waals surface area contributed by atoms with Crippen molar-refractivity contribution in [3.63, 3.8) is 0 Å². The van der Waals surface area contributed by atoms with Crippen molar-refractivity contribution in [3.8, 4) is 0 Å². The molecule has 1 saturated carbocycles. The fourth-order valence-electron chi connectivity index (χ4n) is 2.44. The SMILES string of the molecule is NC(CN(C(=O)c1ccc(Cl)cn1)C1CCCC1)=NO. The van der Waals surface area contributed by atoms with Gasteiger partial charge < -0.3 is 15.8 Å². The number of pyridine rings is 1. The molecule has 1 heterocycles. The third kappa shape index (κ3) is 3.39. The molecule has 20 heavy (non-hydrogen) atoms. The van der Waals surface area contributed by atoms with Crippen LogP contribution >= 0.6 is 11.6 Å². The summed E-state index contributed by atoms with van der Waals surface area (Å²) in [5.41, 5.74) is 5.86. The van der Waals surface area contributed by atoms with Gasteiger partial charge in [-0.25, -0.2) is 4.98 Å². The van der Waals surface area contributed by atoms with E-state index in [4.69, 9.17) is 22.5 Å². The summed E-state index contributed by atoms with van der Waals surface area (Å²) in [6.07, 6.45) is 5.46. The molecule has 1 amide bonds. The molecule has 1 aliphatic rings. The first kappa shape index (κ1) is 14.6. The molecule has 108 valence electrons. The van der Waals surface area contributed by atoms with Gasteiger partial charge >= 0.3 is 0 Å². The van der Waals surface area contributed by atoms with Gasteiger partial charge in [0.2, 0.25) is 0 Å². The van der Waals surface area contributed by atoms with Crippen LogP contribution in [0.1, 0.15) is 36.2 Å². The van der Waals surface area contributed by atoms with Crippen LogP contribution in [0.3, 0.4) is 0 Å². The monoisotopic (exact) mass is 296 g/mol. The maximum atomic E-state index is 12.5. The van der Waals surface area contributed by atoms with Crippen molar-refractivity contribution in [2.24, 2.45) is 10.9 Å². The van der Waals surface area contributed by atoms with E-state index in [1.54, 1.807) is 17.0 Å². The third-order valence-electron chi connectivity index (χ3n) is 3.43. The Hall–Kier alpha value is -1.82. The standard InChI is InChI=1S/C13H17ClN4O2/c14-9-5-6-11(16-7-9)13(19)18(8-12(15)17-20)10-3-1-2-4-10/h5-7,10,20H,1-4,8H2,(H2,15,17). The summed E-state index contributed by atoms with van der Waals surface area (Å²) in [5.74, 6) is -0.209. The topological polar surface area (TPSA) is 91.8 Å². The van der Waals surface area contributed by atoms with E-state index in [1.807, 2.05) is 0 Å². The van der Waals surface area contributed by atoms with Gasteiger partial charge in [0, 0.05) is 12.2 Å². The number of halogens is 1. The molecule has 0 aromatic carbocycles. The largest absolute Gasteiger partial charge is 0.409 e. The predicted molar refractivity (Wildman–Crippen MR) is 75.9 cm³/mol. The van der Waals surface area contributed by atoms with E-state index < -0.39 is 0 Å². The van der Waals surface area contributed by atoms with Crippen LogP contribution in [0.15, 0.2) is 23.5 Å². The molecular weight excluding hydrogens is 280 g/mol. The molecule has 0 atom stereocenters. The molecule has 3 N–H and O–H groups in total. The Morgan fingerprint density at radius 2 is 2.20 bits per heavy atom. The molecule has 1 aromatic heterocycles. The van der Waals surface area contributed by atoms with Crippen LogP contribution in [0, 0.1) is 0 Å². The zero-order valence-electron chi connectivity index (χ0n) is 11.0. The molecule has 0 spiro atoms. The van der Waals surface area contributed by atoms with Crippen LogP contribution in [0.5, 0.6) is 0 Å². The Kier molecular flexibility index (Phi) is 4.79. The number of nitrogens with two attached hydrogens (primary N) is 1. The van der Waals surface area contributed by atoms with Crippen LogP contribution in [-0.2, 0) is 0 Å². The summed E-state index contributed by atoms with van der Waals surface area (Å²) in [4.78, 5) is 18.2. The van der Waals surface area contributed by atoms with Crippen LogP contribution in [0.4, 0.5) is 0 Å². The number of amides is 1. The molecule has 1 fully saturated rings. The number of amidine groups is 1. The Morgan fingerprint density at radius 1 is 1.50 bits per heavy atom. The van der Waals surface area contributed by atoms with E-state index in [9.17, 15) is 4.79 Å². The van der Waals surface area contributed by atoms with Crippen LogP contribution in [0.2, 0.25) is 5.02 Å². The van der Waals surface area contributed by atoms with Crippen molar-refractivity contribution in [1.29, 1.82) is 0 Å². The molecular formula is C13H17ClN4O2. The molecule has 2 rings (SSSR count). The number of hydrogen-bond acceptors (Lipinski definition) is 4. The van der Waals surface area contributed by atoms with Gasteiger partial charge in [-0.15, -0.1) is 0 Å². The molecule has 6 nitrogen and oxygen atoms in total. The molecule has 0 radical (unpaired) electrons. The number of rotatable bonds is 4. The van der Waals surface area contributed by atoms with Gasteiger partial charge in [-0.2, -0.15) is 0 Å². The summed E-state index contributed by atoms with van der Waals surface area (Å²) in [7, 11) is 0. The molecule has 1 aliphatic carbocycles. The van der Waals surface area contributed by atoms with Crippen LogP contribution < -0.4 is 5.73 Å². The van der Waals surface area contributed by atoms with Gasteiger partial charge in [0.1, 0.15) is 5.69 Å². The lowest BCUT2D eigenvalue weighted by Crippen LogP contribution is -2.44. The van der Waals surface area contributed by atoms with Crippen molar-refractivity contribution in [2.45, 2.75) is 31.7 Å². The number of aromatic nitrogens is 1. The van der Waals surface area contributed by atoms with Gasteiger partial charge in [-0.05, 0) is 25.0 Å². The zero-order valence-corrected chi connectivity index (χ0v) is 11.8. The van der Waals surface area contributed by atoms with E-state index >= 15 is 0 Å². The Labute approximate surface area is 122 Å². The lowest BCUT2D eigenvalue weighted by Gasteiger charge is -2.28. The number of oxime groups is 1. The third-order valence-corrected chi connectivity index (χ3v) is 3.66. The normalized spacial score (nSPS) is 16.4. The molecule has 7 heteroatoms. The Bertz CT molecular complexity index is 498. The average Bonchev–Trinajstić information content (AvgIpc) is 2.98. The smallest absolute Gasteiger partial charge is 0.273 e. The van der Waals surface area contributed by atoms with Crippen molar-refractivity contribution in [2.75, 3.05) is 6.54 Å². The van der Waals surface area contributed by atoms with Crippen molar-refractivity contribution >= 4 is 23.3 Å². The minimum Gasteiger partial charge on any atom is -0.409 e. The number of hydrogen-bond donors (Lipinski definition) is 2. The maximum Gasteiger partial charge on any atom is 0.273 e. The second kappa shape index (κ2) is 6.56. The summed E-state index contributed by atoms with van der Waals surface area (Å²) in [6.45, 7) is 0.101. The van der Waals surface area contributed by atoms with Crippen molar-refractivity contribution in [3.05, 3.63) is 29.0 Å². The average molecular weight is 297 g/mol. The second-order valence-corrected chi connectivity index (χ2v) is 5.26. The maximum absolute atomic E-state index is 12.5. The summed E-state index contributed by atoms with van der Waals surface area (Å²) in [6, 6.07) is 3.32. The summed E-state index contributed by atoms with van der Waals surface area (Å²) >= 11 is 5.77. The predicted octanol–water partition coefficient (Wildman–Crippen LogP) is 1.87. The van der Waals surface area contributed by atoms with E-state index in [2.05, 4.69) is 10.1 Å². The molecule has 0 bridgehead atoms. The summed E-state index contributed by atoms with van der Waals surface area (Å²) < 4.78 is 0. The summed E-state index contributed by atoms with van der Waals surface area (Å²) in [5, 5.41) is 12.1. The highest BCUT2D eigenvalue weighted by atomic mass is 35.5. The van der Waals surface area contributed by atoms with Crippen molar-refractivity contribution in [1.82, 2.24) is 9.88 Å². The fourth-order valence-corrected chi connectivity index (χ4v) is 2.55. The van der Waals surface area contributed by atoms with Crippen LogP contribution in [0.25, 0.3) is 0 Å². The lowest BCUT2D eigenvalue weighted by atomic mass is 10.2. The molecule has 0 aliphatic heterocycles. The molecule has 1 aromatic rings. The quantitative estimate of drug-likeness (QED) is 0.384. The molecule has 0 saturated heterocycles. The highest BCUT2D eigenvalue weighted by molar-refractivity contribution is 6.30. The second-order valence-electron chi connectivity index (χ2n) is 4.82. The number of nitrogens with zero attached hydrogens (tertiary/aromatic N) is 3. The number of carbonyl (C=O) groups is 1. The van der Waals surface area contributed by atoms with Gasteiger partial charge in [-0.1, -0.05) is 29.6 Å². The highest BCUT2D eigenvalue weighted by Gasteiger charge is 2.28. The van der Waals surface area contributed by atoms with Gasteiger partial charge in [0.05, 0.1) is 11.6 Å². The van der Waals surface area contributed by atoms with Gasteiger partial charge in [0.15, 0.2) is 5.84 Å². The Balaban J connectivity index is 2.20. The first-order valence-corrected chi connectivity index (χ1v) is 6.88. The zero-order chi connectivity index (χ0) is 14.5. The fraction of sp³-hybridized carbons (Fsp3) is 0.462. The first-order valence-electron chi connectivity index (χ1n) is 6.50. The van der Waals surface area contributed by atoms with E-state index in [1.165, 1.54) is 6.20 Å². The minimum absolute atomic E-state index is 0.0132.